The molecule has 0 atom stereocenters. The molecule has 2 aromatic heterocycles. The van der Waals surface area contributed by atoms with E-state index in [9.17, 15) is 4.39 Å². The maximum Gasteiger partial charge on any atom is 0.256 e. The second-order valence-corrected chi connectivity index (χ2v) is 4.25. The molecule has 106 valence electrons. The highest BCUT2D eigenvalue weighted by molar-refractivity contribution is 6.28. The van der Waals surface area contributed by atoms with Crippen molar-refractivity contribution in [3.05, 3.63) is 42.0 Å². The van der Waals surface area contributed by atoms with Gasteiger partial charge in [0.15, 0.2) is 5.82 Å². The molecule has 0 saturated carbocycles. The van der Waals surface area contributed by atoms with Crippen molar-refractivity contribution in [3.8, 4) is 23.1 Å². The summed E-state index contributed by atoms with van der Waals surface area (Å²) in [7, 11) is 1.46. The van der Waals surface area contributed by atoms with Gasteiger partial charge in [-0.05, 0) is 23.7 Å². The molecular formula is C12H8ClFN6O. The molecule has 0 spiro atoms. The predicted molar refractivity (Wildman–Crippen MR) is 71.7 cm³/mol. The summed E-state index contributed by atoms with van der Waals surface area (Å²) < 4.78 is 20.3. The Kier molecular flexibility index (Phi) is 3.44. The van der Waals surface area contributed by atoms with E-state index in [1.165, 1.54) is 36.6 Å². The topological polar surface area (TPSA) is 78.6 Å². The van der Waals surface area contributed by atoms with Crippen molar-refractivity contribution >= 4 is 11.6 Å². The van der Waals surface area contributed by atoms with E-state index in [4.69, 9.17) is 16.3 Å². The molecule has 1 aromatic carbocycles. The van der Waals surface area contributed by atoms with Crippen LogP contribution in [0.3, 0.4) is 0 Å². The van der Waals surface area contributed by atoms with Crippen molar-refractivity contribution in [2.75, 3.05) is 7.11 Å². The van der Waals surface area contributed by atoms with Gasteiger partial charge in [-0.25, -0.2) is 9.37 Å². The van der Waals surface area contributed by atoms with Crippen LogP contribution in [0.25, 0.3) is 17.3 Å². The first-order chi connectivity index (χ1) is 10.2. The van der Waals surface area contributed by atoms with Crippen LogP contribution in [-0.4, -0.2) is 36.8 Å². The van der Waals surface area contributed by atoms with E-state index in [1.807, 2.05) is 0 Å². The van der Waals surface area contributed by atoms with E-state index in [0.717, 1.165) is 0 Å². The van der Waals surface area contributed by atoms with Crippen LogP contribution in [0.1, 0.15) is 0 Å². The molecule has 7 nitrogen and oxygen atoms in total. The van der Waals surface area contributed by atoms with Crippen LogP contribution in [0.4, 0.5) is 4.39 Å². The zero-order valence-electron chi connectivity index (χ0n) is 10.7. The molecule has 0 radical (unpaired) electrons. The summed E-state index contributed by atoms with van der Waals surface area (Å²) in [5.74, 6) is 0.118. The number of rotatable bonds is 3. The van der Waals surface area contributed by atoms with Crippen LogP contribution in [0, 0.1) is 5.82 Å². The molecular weight excluding hydrogens is 299 g/mol. The maximum atomic E-state index is 14.1. The summed E-state index contributed by atoms with van der Waals surface area (Å²) in [5.41, 5.74) is 0.182. The van der Waals surface area contributed by atoms with E-state index >= 15 is 0 Å². The number of nitrogens with zero attached hydrogens (tertiary/aromatic N) is 6. The molecule has 0 aliphatic heterocycles. The van der Waals surface area contributed by atoms with Crippen molar-refractivity contribution in [1.82, 2.24) is 29.7 Å². The Hall–Kier alpha value is -2.61. The first kappa shape index (κ1) is 13.4. The average molecular weight is 307 g/mol. The monoisotopic (exact) mass is 306 g/mol. The molecule has 2 heterocycles. The van der Waals surface area contributed by atoms with Crippen molar-refractivity contribution < 1.29 is 9.13 Å². The lowest BCUT2D eigenvalue weighted by Gasteiger charge is -2.06. The van der Waals surface area contributed by atoms with Gasteiger partial charge in [0.2, 0.25) is 5.28 Å². The molecule has 0 amide bonds. The Morgan fingerprint density at radius 2 is 2.10 bits per heavy atom. The smallest absolute Gasteiger partial charge is 0.256 e. The van der Waals surface area contributed by atoms with E-state index in [0.29, 0.717) is 5.75 Å². The Morgan fingerprint density at radius 3 is 2.76 bits per heavy atom. The van der Waals surface area contributed by atoms with Crippen molar-refractivity contribution in [2.24, 2.45) is 0 Å². The largest absolute Gasteiger partial charge is 0.497 e. The fourth-order valence-electron chi connectivity index (χ4n) is 1.68. The molecule has 9 heteroatoms. The van der Waals surface area contributed by atoms with Gasteiger partial charge in [0.25, 0.3) is 5.95 Å². The van der Waals surface area contributed by atoms with E-state index < -0.39 is 5.82 Å². The van der Waals surface area contributed by atoms with Gasteiger partial charge in [-0.15, -0.1) is 0 Å². The number of hydrogen-bond donors (Lipinski definition) is 0. The van der Waals surface area contributed by atoms with E-state index in [2.05, 4.69) is 25.0 Å². The third-order valence-corrected chi connectivity index (χ3v) is 2.81. The summed E-state index contributed by atoms with van der Waals surface area (Å²) in [6, 6.07) is 4.35. The van der Waals surface area contributed by atoms with E-state index in [1.54, 1.807) is 6.07 Å². The summed E-state index contributed by atoms with van der Waals surface area (Å²) >= 11 is 5.86. The van der Waals surface area contributed by atoms with Gasteiger partial charge < -0.3 is 4.74 Å². The minimum absolute atomic E-state index is 0.0688. The highest BCUT2D eigenvalue weighted by Crippen LogP contribution is 2.24. The molecule has 0 bridgehead atoms. The first-order valence-electron chi connectivity index (χ1n) is 5.78. The molecule has 21 heavy (non-hydrogen) atoms. The second kappa shape index (κ2) is 5.41. The first-order valence-corrected chi connectivity index (χ1v) is 6.15. The van der Waals surface area contributed by atoms with Gasteiger partial charge in [0.1, 0.15) is 24.2 Å². The van der Waals surface area contributed by atoms with Gasteiger partial charge in [0.05, 0.1) is 12.7 Å². The van der Waals surface area contributed by atoms with Gasteiger partial charge in [-0.2, -0.15) is 24.7 Å². The number of methoxy groups -OCH3 is 1. The summed E-state index contributed by atoms with van der Waals surface area (Å²) in [6.07, 6.45) is 2.73. The summed E-state index contributed by atoms with van der Waals surface area (Å²) in [6.45, 7) is 0. The standard InChI is InChI=1S/C12H8ClFN6O/c1-21-7-2-3-8(9(14)4-7)10-17-11(13)19-12(18-10)20-6-15-5-16-20/h2-6H,1H3. The molecule has 3 aromatic rings. The van der Waals surface area contributed by atoms with Crippen molar-refractivity contribution in [2.45, 2.75) is 0 Å². The zero-order valence-corrected chi connectivity index (χ0v) is 11.5. The van der Waals surface area contributed by atoms with Gasteiger partial charge in [-0.3, -0.25) is 0 Å². The lowest BCUT2D eigenvalue weighted by molar-refractivity contribution is 0.411. The molecule has 0 N–H and O–H groups in total. The fourth-order valence-corrected chi connectivity index (χ4v) is 1.83. The van der Waals surface area contributed by atoms with Crippen molar-refractivity contribution in [3.63, 3.8) is 0 Å². The maximum absolute atomic E-state index is 14.1. The predicted octanol–water partition coefficient (Wildman–Crippen LogP) is 1.92. The molecule has 0 unspecified atom stereocenters. The van der Waals surface area contributed by atoms with Crippen LogP contribution < -0.4 is 4.74 Å². The van der Waals surface area contributed by atoms with Crippen LogP contribution in [-0.2, 0) is 0 Å². The molecule has 0 fully saturated rings. The molecule has 0 saturated heterocycles. The molecule has 0 aliphatic carbocycles. The third kappa shape index (κ3) is 2.65. The number of benzene rings is 1. The average Bonchev–Trinajstić information content (AvgIpc) is 3.00. The van der Waals surface area contributed by atoms with Crippen LogP contribution in [0.15, 0.2) is 30.9 Å². The van der Waals surface area contributed by atoms with Gasteiger partial charge in [-0.1, -0.05) is 0 Å². The molecule has 0 aliphatic rings. The van der Waals surface area contributed by atoms with Crippen molar-refractivity contribution in [1.29, 1.82) is 0 Å². The third-order valence-electron chi connectivity index (χ3n) is 2.64. The Bertz CT molecular complexity index is 779. The highest BCUT2D eigenvalue weighted by atomic mass is 35.5. The lowest BCUT2D eigenvalue weighted by atomic mass is 10.2. The minimum Gasteiger partial charge on any atom is -0.497 e. The Morgan fingerprint density at radius 1 is 1.24 bits per heavy atom. The second-order valence-electron chi connectivity index (χ2n) is 3.91. The fraction of sp³-hybridized carbons (Fsp3) is 0.0833. The SMILES string of the molecule is COc1ccc(-c2nc(Cl)nc(-n3cncn3)n2)c(F)c1. The zero-order chi connectivity index (χ0) is 14.8. The highest BCUT2D eigenvalue weighted by Gasteiger charge is 2.13. The van der Waals surface area contributed by atoms with E-state index in [-0.39, 0.29) is 22.6 Å². The van der Waals surface area contributed by atoms with Gasteiger partial charge in [0, 0.05) is 6.07 Å². The molecule has 3 rings (SSSR count). The van der Waals surface area contributed by atoms with Gasteiger partial charge >= 0.3 is 0 Å². The number of ether oxygens (including phenoxy) is 1. The summed E-state index contributed by atoms with van der Waals surface area (Å²) in [4.78, 5) is 15.8. The normalized spacial score (nSPS) is 10.6. The lowest BCUT2D eigenvalue weighted by Crippen LogP contribution is -2.05. The number of halogens is 2. The summed E-state index contributed by atoms with van der Waals surface area (Å²) in [5, 5.41) is 3.82. The van der Waals surface area contributed by atoms with Crippen LogP contribution in [0.5, 0.6) is 5.75 Å². The number of hydrogen-bond acceptors (Lipinski definition) is 6. The van der Waals surface area contributed by atoms with Crippen LogP contribution in [0.2, 0.25) is 5.28 Å². The quantitative estimate of drug-likeness (QED) is 0.735. The van der Waals surface area contributed by atoms with Crippen LogP contribution >= 0.6 is 11.6 Å². The minimum atomic E-state index is -0.527. The number of aromatic nitrogens is 6. The Balaban J connectivity index is 2.10. The Labute approximate surface area is 123 Å².